The van der Waals surface area contributed by atoms with E-state index in [1.807, 2.05) is 13.8 Å². The Hall–Kier alpha value is -2.93. The summed E-state index contributed by atoms with van der Waals surface area (Å²) in [5.41, 5.74) is -0.748. The number of aromatic nitrogens is 4. The molecule has 36 heavy (non-hydrogen) atoms. The Morgan fingerprint density at radius 2 is 2.03 bits per heavy atom. The summed E-state index contributed by atoms with van der Waals surface area (Å²) < 4.78 is 85.2. The van der Waals surface area contributed by atoms with Gasteiger partial charge in [-0.3, -0.25) is 4.85 Å². The molecule has 0 radical (unpaired) electrons. The van der Waals surface area contributed by atoms with Crippen LogP contribution in [0.4, 0.5) is 17.6 Å². The van der Waals surface area contributed by atoms with Gasteiger partial charge in [-0.2, -0.15) is 18.3 Å². The lowest BCUT2D eigenvalue weighted by Crippen LogP contribution is -2.37. The van der Waals surface area contributed by atoms with E-state index in [1.165, 1.54) is 6.20 Å². The Balaban J connectivity index is 1.75. The zero-order valence-electron chi connectivity index (χ0n) is 18.9. The topological polar surface area (TPSA) is 106 Å². The molecule has 2 unspecified atom stereocenters. The number of sulfonamides is 1. The average Bonchev–Trinajstić information content (AvgIpc) is 3.17. The van der Waals surface area contributed by atoms with Gasteiger partial charge in [-0.25, -0.2) is 24.1 Å². The van der Waals surface area contributed by atoms with Gasteiger partial charge in [-0.15, -0.1) is 14.9 Å². The number of hydrogen-bond donors (Lipinski definition) is 2. The SMILES string of the molecule is [C-]#[N+]C1(NS(=O)(=O)c2cc3c(cnn3-c3nnc(C(F)(F)F)s3)c(C3=CC(C)NC(C)C3)c2F)CC1. The number of nitrogens with one attached hydrogen (secondary N) is 2. The minimum atomic E-state index is -4.72. The van der Waals surface area contributed by atoms with E-state index in [-0.39, 0.29) is 45.0 Å². The molecular formula is C21H19F4N7O2S2. The number of alkyl halides is 3. The Kier molecular flexibility index (Phi) is 5.71. The predicted molar refractivity (Wildman–Crippen MR) is 123 cm³/mol. The van der Waals surface area contributed by atoms with Crippen LogP contribution in [0.1, 0.15) is 43.7 Å². The van der Waals surface area contributed by atoms with E-state index in [4.69, 9.17) is 6.57 Å². The molecule has 2 atom stereocenters. The molecule has 0 spiro atoms. The number of hydrogen-bond acceptors (Lipinski definition) is 7. The maximum absolute atomic E-state index is 16.0. The summed E-state index contributed by atoms with van der Waals surface area (Å²) in [5.74, 6) is -1.02. The van der Waals surface area contributed by atoms with Crippen LogP contribution in [0.25, 0.3) is 26.5 Å². The Labute approximate surface area is 207 Å². The first-order chi connectivity index (χ1) is 16.8. The molecule has 0 amide bonds. The van der Waals surface area contributed by atoms with Gasteiger partial charge in [0, 0.05) is 23.0 Å². The molecular weight excluding hydrogens is 522 g/mol. The van der Waals surface area contributed by atoms with Crippen molar-refractivity contribution in [2.75, 3.05) is 0 Å². The van der Waals surface area contributed by atoms with Crippen LogP contribution in [-0.2, 0) is 16.2 Å². The smallest absolute Gasteiger partial charge is 0.308 e. The number of benzene rings is 1. The zero-order chi connectivity index (χ0) is 26.0. The van der Waals surface area contributed by atoms with E-state index in [0.29, 0.717) is 24.8 Å². The number of nitrogens with zero attached hydrogens (tertiary/aromatic N) is 5. The summed E-state index contributed by atoms with van der Waals surface area (Å²) in [5, 5.41) is 12.9. The molecule has 0 bridgehead atoms. The van der Waals surface area contributed by atoms with Gasteiger partial charge < -0.3 is 5.32 Å². The zero-order valence-corrected chi connectivity index (χ0v) is 20.5. The van der Waals surface area contributed by atoms with Gasteiger partial charge in [0.05, 0.1) is 24.6 Å². The molecule has 1 fully saturated rings. The monoisotopic (exact) mass is 541 g/mol. The van der Waals surface area contributed by atoms with E-state index >= 15 is 4.39 Å². The van der Waals surface area contributed by atoms with Crippen LogP contribution in [0.5, 0.6) is 0 Å². The van der Waals surface area contributed by atoms with Crippen LogP contribution >= 0.6 is 11.3 Å². The van der Waals surface area contributed by atoms with Gasteiger partial charge in [0.25, 0.3) is 5.66 Å². The fourth-order valence-corrected chi connectivity index (χ4v) is 6.45. The second-order valence-corrected chi connectivity index (χ2v) is 11.5. The molecule has 2 aromatic heterocycles. The van der Waals surface area contributed by atoms with Crippen LogP contribution in [0.2, 0.25) is 0 Å². The Morgan fingerprint density at radius 1 is 1.31 bits per heavy atom. The molecule has 1 aliphatic heterocycles. The molecule has 3 heterocycles. The maximum Gasteiger partial charge on any atom is 0.445 e. The van der Waals surface area contributed by atoms with Crippen LogP contribution in [0, 0.1) is 12.4 Å². The van der Waals surface area contributed by atoms with Crippen LogP contribution in [-0.4, -0.2) is 46.1 Å². The van der Waals surface area contributed by atoms with E-state index in [2.05, 4.69) is 30.2 Å². The Bertz CT molecular complexity index is 1550. The summed E-state index contributed by atoms with van der Waals surface area (Å²) in [7, 11) is -4.51. The lowest BCUT2D eigenvalue weighted by Gasteiger charge is -2.27. The number of fused-ring (bicyclic) bond motifs is 1. The molecule has 9 nitrogen and oxygen atoms in total. The molecule has 3 aromatic rings. The highest BCUT2D eigenvalue weighted by Gasteiger charge is 2.54. The summed E-state index contributed by atoms with van der Waals surface area (Å²) in [4.78, 5) is 2.60. The first kappa shape index (κ1) is 24.8. The second-order valence-electron chi connectivity index (χ2n) is 8.94. The van der Waals surface area contributed by atoms with Crippen LogP contribution < -0.4 is 10.0 Å². The van der Waals surface area contributed by atoms with E-state index in [0.717, 1.165) is 10.7 Å². The molecule has 190 valence electrons. The lowest BCUT2D eigenvalue weighted by atomic mass is 9.91. The molecule has 5 rings (SSSR count). The van der Waals surface area contributed by atoms with Gasteiger partial charge in [-0.05, 0) is 31.9 Å². The van der Waals surface area contributed by atoms with Crippen molar-refractivity contribution in [3.8, 4) is 5.13 Å². The van der Waals surface area contributed by atoms with Crippen molar-refractivity contribution >= 4 is 37.8 Å². The number of halogens is 4. The first-order valence-corrected chi connectivity index (χ1v) is 13.1. The molecule has 0 saturated heterocycles. The molecule has 1 aromatic carbocycles. The van der Waals surface area contributed by atoms with Crippen molar-refractivity contribution in [2.45, 2.75) is 61.9 Å². The van der Waals surface area contributed by atoms with Crippen molar-refractivity contribution in [2.24, 2.45) is 0 Å². The van der Waals surface area contributed by atoms with E-state index in [9.17, 15) is 21.6 Å². The quantitative estimate of drug-likeness (QED) is 0.375. The predicted octanol–water partition coefficient (Wildman–Crippen LogP) is 3.88. The van der Waals surface area contributed by atoms with Crippen molar-refractivity contribution in [1.29, 1.82) is 0 Å². The molecule has 1 saturated carbocycles. The minimum absolute atomic E-state index is 0.00690. The van der Waals surface area contributed by atoms with E-state index < -0.39 is 37.6 Å². The maximum atomic E-state index is 16.0. The third-order valence-corrected chi connectivity index (χ3v) is 8.48. The highest BCUT2D eigenvalue weighted by Crippen LogP contribution is 2.41. The summed E-state index contributed by atoms with van der Waals surface area (Å²) in [6.07, 6.45) is -0.720. The van der Waals surface area contributed by atoms with Crippen LogP contribution in [0.3, 0.4) is 0 Å². The molecule has 2 aliphatic rings. The van der Waals surface area contributed by atoms with Crippen molar-refractivity contribution in [1.82, 2.24) is 30.0 Å². The van der Waals surface area contributed by atoms with Gasteiger partial charge >= 0.3 is 6.18 Å². The third kappa shape index (κ3) is 4.27. The highest BCUT2D eigenvalue weighted by atomic mass is 32.2. The third-order valence-electron chi connectivity index (χ3n) is 6.01. The summed E-state index contributed by atoms with van der Waals surface area (Å²) >= 11 is 0.226. The molecule has 15 heteroatoms. The van der Waals surface area contributed by atoms with Gasteiger partial charge in [-0.1, -0.05) is 17.4 Å². The number of rotatable bonds is 5. The normalized spacial score (nSPS) is 21.9. The van der Waals surface area contributed by atoms with Crippen molar-refractivity contribution in [3.05, 3.63) is 46.1 Å². The average molecular weight is 542 g/mol. The highest BCUT2D eigenvalue weighted by molar-refractivity contribution is 7.89. The van der Waals surface area contributed by atoms with E-state index in [1.54, 1.807) is 6.08 Å². The van der Waals surface area contributed by atoms with Gasteiger partial charge in [0.1, 0.15) is 4.90 Å². The molecule has 2 N–H and O–H groups in total. The molecule has 1 aliphatic carbocycles. The first-order valence-electron chi connectivity index (χ1n) is 10.8. The van der Waals surface area contributed by atoms with Gasteiger partial charge in [0.2, 0.25) is 20.2 Å². The minimum Gasteiger partial charge on any atom is -0.308 e. The largest absolute Gasteiger partial charge is 0.445 e. The summed E-state index contributed by atoms with van der Waals surface area (Å²) in [6, 6.07) is 0.824. The fraction of sp³-hybridized carbons (Fsp3) is 0.429. The van der Waals surface area contributed by atoms with Crippen LogP contribution in [0.15, 0.2) is 23.2 Å². The Morgan fingerprint density at radius 3 is 2.61 bits per heavy atom. The fourth-order valence-electron chi connectivity index (χ4n) is 4.30. The van der Waals surface area contributed by atoms with Gasteiger partial charge in [0.15, 0.2) is 5.82 Å². The standard InChI is InChI=1S/C21H19F4N7O2S2/c1-10-6-12(7-11(2)28-10)16-13-9-27-32(19-30-29-18(35-19)21(23,24)25)14(13)8-15(17(16)22)36(33,34)31-20(26-3)4-5-20/h6,8-11,28,31H,4-5,7H2,1-2H3. The summed E-state index contributed by atoms with van der Waals surface area (Å²) in [6.45, 7) is 11.0. The second kappa shape index (κ2) is 8.30. The lowest BCUT2D eigenvalue weighted by molar-refractivity contribution is -0.138. The van der Waals surface area contributed by atoms with Crippen molar-refractivity contribution in [3.63, 3.8) is 0 Å². The van der Waals surface area contributed by atoms with Crippen molar-refractivity contribution < 1.29 is 26.0 Å².